The minimum atomic E-state index is -0.485. The van der Waals surface area contributed by atoms with Gasteiger partial charge in [-0.25, -0.2) is 4.98 Å². The van der Waals surface area contributed by atoms with Gasteiger partial charge in [-0.2, -0.15) is 0 Å². The molecule has 1 aliphatic heterocycles. The van der Waals surface area contributed by atoms with E-state index in [0.29, 0.717) is 18.8 Å². The lowest BCUT2D eigenvalue weighted by Crippen LogP contribution is -2.43. The molecule has 22 heavy (non-hydrogen) atoms. The third-order valence-corrected chi connectivity index (χ3v) is 3.71. The standard InChI is InChI=1S/C16H17N3O3/c1-11-6-7-14(17-10-11)18-15(20)12-4-2-8-19(12)16(21)13-5-3-9-22-13/h3,5-7,9-10,12H,2,4,8H2,1H3,(H,17,18,20). The predicted octanol–water partition coefficient (Wildman–Crippen LogP) is 2.23. The van der Waals surface area contributed by atoms with Crippen molar-refractivity contribution in [2.24, 2.45) is 0 Å². The third-order valence-electron chi connectivity index (χ3n) is 3.71. The van der Waals surface area contributed by atoms with Gasteiger partial charge >= 0.3 is 0 Å². The van der Waals surface area contributed by atoms with Gasteiger partial charge in [-0.05, 0) is 43.5 Å². The number of hydrogen-bond acceptors (Lipinski definition) is 4. The second-order valence-electron chi connectivity index (χ2n) is 5.34. The molecule has 1 saturated heterocycles. The van der Waals surface area contributed by atoms with Crippen molar-refractivity contribution in [2.75, 3.05) is 11.9 Å². The predicted molar refractivity (Wildman–Crippen MR) is 80.4 cm³/mol. The number of amides is 2. The Morgan fingerprint density at radius 2 is 2.23 bits per heavy atom. The summed E-state index contributed by atoms with van der Waals surface area (Å²) in [6.07, 6.45) is 4.58. The van der Waals surface area contributed by atoms with Gasteiger partial charge in [0.1, 0.15) is 11.9 Å². The van der Waals surface area contributed by atoms with E-state index in [2.05, 4.69) is 10.3 Å². The number of rotatable bonds is 3. The zero-order valence-electron chi connectivity index (χ0n) is 12.3. The van der Waals surface area contributed by atoms with Gasteiger partial charge in [0.05, 0.1) is 6.26 Å². The second kappa shape index (κ2) is 6.01. The molecule has 0 spiro atoms. The molecule has 1 unspecified atom stereocenters. The maximum absolute atomic E-state index is 12.4. The molecular weight excluding hydrogens is 282 g/mol. The zero-order chi connectivity index (χ0) is 15.5. The Balaban J connectivity index is 1.71. The average molecular weight is 299 g/mol. The molecule has 0 bridgehead atoms. The van der Waals surface area contributed by atoms with Crippen LogP contribution in [0.3, 0.4) is 0 Å². The molecule has 0 aromatic carbocycles. The molecule has 6 heteroatoms. The molecule has 2 amide bonds. The van der Waals surface area contributed by atoms with E-state index in [-0.39, 0.29) is 17.6 Å². The third kappa shape index (κ3) is 2.86. The lowest BCUT2D eigenvalue weighted by Gasteiger charge is -2.22. The summed E-state index contributed by atoms with van der Waals surface area (Å²) in [5.74, 6) is 0.286. The van der Waals surface area contributed by atoms with E-state index >= 15 is 0 Å². The van der Waals surface area contributed by atoms with Gasteiger partial charge in [-0.15, -0.1) is 0 Å². The van der Waals surface area contributed by atoms with Crippen molar-refractivity contribution < 1.29 is 14.0 Å². The average Bonchev–Trinajstić information content (AvgIpc) is 3.20. The van der Waals surface area contributed by atoms with Crippen LogP contribution in [0.1, 0.15) is 29.0 Å². The number of nitrogens with zero attached hydrogens (tertiary/aromatic N) is 2. The first-order chi connectivity index (χ1) is 10.6. The molecule has 1 fully saturated rings. The van der Waals surface area contributed by atoms with Crippen LogP contribution in [0, 0.1) is 6.92 Å². The van der Waals surface area contributed by atoms with Crippen LogP contribution in [-0.4, -0.2) is 34.3 Å². The maximum atomic E-state index is 12.4. The molecule has 3 heterocycles. The van der Waals surface area contributed by atoms with Crippen LogP contribution in [0.4, 0.5) is 5.82 Å². The van der Waals surface area contributed by atoms with Gasteiger partial charge in [-0.1, -0.05) is 6.07 Å². The first-order valence-electron chi connectivity index (χ1n) is 7.23. The van der Waals surface area contributed by atoms with E-state index in [9.17, 15) is 9.59 Å². The minimum absolute atomic E-state index is 0.214. The van der Waals surface area contributed by atoms with Crippen LogP contribution < -0.4 is 5.32 Å². The minimum Gasteiger partial charge on any atom is -0.459 e. The number of carbonyl (C=O) groups excluding carboxylic acids is 2. The number of furan rings is 1. The number of hydrogen-bond donors (Lipinski definition) is 1. The summed E-state index contributed by atoms with van der Waals surface area (Å²) in [4.78, 5) is 30.5. The topological polar surface area (TPSA) is 75.4 Å². The van der Waals surface area contributed by atoms with Crippen molar-refractivity contribution >= 4 is 17.6 Å². The highest BCUT2D eigenvalue weighted by atomic mass is 16.3. The number of aromatic nitrogens is 1. The molecule has 0 saturated carbocycles. The van der Waals surface area contributed by atoms with Gasteiger partial charge < -0.3 is 14.6 Å². The molecule has 2 aromatic rings. The fourth-order valence-corrected chi connectivity index (χ4v) is 2.58. The monoisotopic (exact) mass is 299 g/mol. The maximum Gasteiger partial charge on any atom is 0.290 e. The van der Waals surface area contributed by atoms with Gasteiger partial charge in [-0.3, -0.25) is 9.59 Å². The molecule has 1 aliphatic rings. The highest BCUT2D eigenvalue weighted by molar-refractivity contribution is 6.00. The zero-order valence-corrected chi connectivity index (χ0v) is 12.3. The van der Waals surface area contributed by atoms with Crippen molar-refractivity contribution in [3.05, 3.63) is 48.0 Å². The lowest BCUT2D eigenvalue weighted by molar-refractivity contribution is -0.119. The number of likely N-dealkylation sites (tertiary alicyclic amines) is 1. The Morgan fingerprint density at radius 3 is 2.91 bits per heavy atom. The van der Waals surface area contributed by atoms with Crippen molar-refractivity contribution in [2.45, 2.75) is 25.8 Å². The van der Waals surface area contributed by atoms with Crippen LogP contribution in [0.2, 0.25) is 0 Å². The van der Waals surface area contributed by atoms with E-state index in [4.69, 9.17) is 4.42 Å². The summed E-state index contributed by atoms with van der Waals surface area (Å²) in [7, 11) is 0. The van der Waals surface area contributed by atoms with Gasteiger partial charge in [0.2, 0.25) is 5.91 Å². The fourth-order valence-electron chi connectivity index (χ4n) is 2.58. The molecule has 1 N–H and O–H groups in total. The van der Waals surface area contributed by atoms with E-state index < -0.39 is 6.04 Å². The Hall–Kier alpha value is -2.63. The summed E-state index contributed by atoms with van der Waals surface area (Å²) in [6.45, 7) is 2.48. The van der Waals surface area contributed by atoms with Gasteiger partial charge in [0.15, 0.2) is 5.76 Å². The van der Waals surface area contributed by atoms with Gasteiger partial charge in [0, 0.05) is 12.7 Å². The van der Waals surface area contributed by atoms with Crippen molar-refractivity contribution in [1.29, 1.82) is 0 Å². The highest BCUT2D eigenvalue weighted by Gasteiger charge is 2.35. The van der Waals surface area contributed by atoms with Crippen molar-refractivity contribution in [3.63, 3.8) is 0 Å². The quantitative estimate of drug-likeness (QED) is 0.943. The molecule has 1 atom stereocenters. The molecule has 3 rings (SSSR count). The molecular formula is C16H17N3O3. The van der Waals surface area contributed by atoms with Crippen LogP contribution in [-0.2, 0) is 4.79 Å². The SMILES string of the molecule is Cc1ccc(NC(=O)C2CCCN2C(=O)c2ccco2)nc1. The summed E-state index contributed by atoms with van der Waals surface area (Å²) >= 11 is 0. The molecule has 6 nitrogen and oxygen atoms in total. The van der Waals surface area contributed by atoms with E-state index in [1.807, 2.05) is 13.0 Å². The lowest BCUT2D eigenvalue weighted by atomic mass is 10.2. The van der Waals surface area contributed by atoms with Gasteiger partial charge in [0.25, 0.3) is 5.91 Å². The summed E-state index contributed by atoms with van der Waals surface area (Å²) in [6, 6.07) is 6.41. The summed E-state index contributed by atoms with van der Waals surface area (Å²) in [5.41, 5.74) is 1.02. The first kappa shape index (κ1) is 14.3. The smallest absolute Gasteiger partial charge is 0.290 e. The Bertz CT molecular complexity index is 664. The van der Waals surface area contributed by atoms with E-state index in [0.717, 1.165) is 12.0 Å². The number of pyridine rings is 1. The van der Waals surface area contributed by atoms with Crippen LogP contribution >= 0.6 is 0 Å². The Labute approximate surface area is 128 Å². The van der Waals surface area contributed by atoms with Crippen LogP contribution in [0.5, 0.6) is 0 Å². The first-order valence-corrected chi connectivity index (χ1v) is 7.23. The fraction of sp³-hybridized carbons (Fsp3) is 0.312. The number of carbonyl (C=O) groups is 2. The normalized spacial score (nSPS) is 17.5. The number of anilines is 1. The molecule has 0 aliphatic carbocycles. The second-order valence-corrected chi connectivity index (χ2v) is 5.34. The van der Waals surface area contributed by atoms with E-state index in [1.165, 1.54) is 6.26 Å². The number of aryl methyl sites for hydroxylation is 1. The van der Waals surface area contributed by atoms with E-state index in [1.54, 1.807) is 29.3 Å². The number of nitrogens with one attached hydrogen (secondary N) is 1. The summed E-state index contributed by atoms with van der Waals surface area (Å²) < 4.78 is 5.13. The Morgan fingerprint density at radius 1 is 1.36 bits per heavy atom. The van der Waals surface area contributed by atoms with Crippen molar-refractivity contribution in [1.82, 2.24) is 9.88 Å². The van der Waals surface area contributed by atoms with Crippen molar-refractivity contribution in [3.8, 4) is 0 Å². The van der Waals surface area contributed by atoms with Crippen LogP contribution in [0.25, 0.3) is 0 Å². The Kier molecular flexibility index (Phi) is 3.91. The molecule has 114 valence electrons. The largest absolute Gasteiger partial charge is 0.459 e. The molecule has 2 aromatic heterocycles. The summed E-state index contributed by atoms with van der Waals surface area (Å²) in [5, 5.41) is 2.77. The van der Waals surface area contributed by atoms with Crippen LogP contribution in [0.15, 0.2) is 41.1 Å². The highest BCUT2D eigenvalue weighted by Crippen LogP contribution is 2.21. The molecule has 0 radical (unpaired) electrons.